The Hall–Kier alpha value is -2.70. The van der Waals surface area contributed by atoms with E-state index < -0.39 is 17.4 Å². The summed E-state index contributed by atoms with van der Waals surface area (Å²) in [6.07, 6.45) is 3.21. The molecule has 1 saturated carbocycles. The van der Waals surface area contributed by atoms with Crippen molar-refractivity contribution in [2.45, 2.75) is 65.9 Å². The molecule has 3 rings (SSSR count). The van der Waals surface area contributed by atoms with E-state index in [2.05, 4.69) is 15.5 Å². The fourth-order valence-electron chi connectivity index (χ4n) is 3.64. The van der Waals surface area contributed by atoms with Crippen LogP contribution in [0, 0.1) is 25.7 Å². The van der Waals surface area contributed by atoms with Crippen LogP contribution in [0.15, 0.2) is 22.7 Å². The lowest BCUT2D eigenvalue weighted by molar-refractivity contribution is -0.164. The van der Waals surface area contributed by atoms with Crippen LogP contribution in [0.3, 0.4) is 0 Å². The van der Waals surface area contributed by atoms with Crippen LogP contribution in [-0.4, -0.2) is 27.6 Å². The van der Waals surface area contributed by atoms with Gasteiger partial charge in [0.25, 0.3) is 0 Å². The molecule has 0 radical (unpaired) electrons. The average Bonchev–Trinajstić information content (AvgIpc) is 3.08. The van der Waals surface area contributed by atoms with E-state index in [1.54, 1.807) is 12.1 Å². The van der Waals surface area contributed by atoms with Crippen molar-refractivity contribution < 1.29 is 18.8 Å². The molecule has 2 aromatic heterocycles. The van der Waals surface area contributed by atoms with E-state index in [-0.39, 0.29) is 11.9 Å². The number of ether oxygens (including phenoxy) is 1. The third-order valence-corrected chi connectivity index (χ3v) is 5.04. The first-order chi connectivity index (χ1) is 13.6. The summed E-state index contributed by atoms with van der Waals surface area (Å²) in [5.74, 6) is -0.667. The van der Waals surface area contributed by atoms with Gasteiger partial charge < -0.3 is 14.6 Å². The van der Waals surface area contributed by atoms with Crippen molar-refractivity contribution in [3.8, 4) is 11.5 Å². The quantitative estimate of drug-likeness (QED) is 0.764. The summed E-state index contributed by atoms with van der Waals surface area (Å²) in [6, 6.07) is 5.40. The van der Waals surface area contributed by atoms with E-state index in [1.807, 2.05) is 40.7 Å². The summed E-state index contributed by atoms with van der Waals surface area (Å²) < 4.78 is 10.8. The number of nitrogens with one attached hydrogen (secondary N) is 1. The predicted molar refractivity (Wildman–Crippen MR) is 109 cm³/mol. The van der Waals surface area contributed by atoms with Crippen LogP contribution in [0.25, 0.3) is 11.5 Å². The van der Waals surface area contributed by atoms with Crippen LogP contribution < -0.4 is 5.32 Å². The van der Waals surface area contributed by atoms with E-state index >= 15 is 0 Å². The van der Waals surface area contributed by atoms with Crippen molar-refractivity contribution in [1.82, 2.24) is 10.1 Å². The number of pyridine rings is 1. The van der Waals surface area contributed by atoms with Crippen LogP contribution >= 0.6 is 0 Å². The van der Waals surface area contributed by atoms with E-state index in [4.69, 9.17) is 9.26 Å². The van der Waals surface area contributed by atoms with Gasteiger partial charge in [-0.05, 0) is 59.6 Å². The maximum absolute atomic E-state index is 13.0. The fraction of sp³-hybridized carbons (Fsp3) is 0.545. The summed E-state index contributed by atoms with van der Waals surface area (Å²) >= 11 is 0. The molecule has 0 aliphatic heterocycles. The van der Waals surface area contributed by atoms with E-state index in [1.165, 1.54) is 0 Å². The second-order valence-corrected chi connectivity index (χ2v) is 8.68. The standard InChI is InChI=1S/C22H29N3O4/c1-13-12-19(29-25-13)18-11-10-17(14(2)23-18)24-20(26)15-8-6-7-9-16(15)21(27)28-22(3,4)5/h10-12,15-16H,6-9H2,1-5H3,(H,24,26)/t15-,16-/m0/s1. The SMILES string of the molecule is Cc1cc(-c2ccc(NC(=O)[C@H]3CCCC[C@@H]3C(=O)OC(C)(C)C)c(C)n2)on1. The van der Waals surface area contributed by atoms with Gasteiger partial charge in [-0.2, -0.15) is 0 Å². The summed E-state index contributed by atoms with van der Waals surface area (Å²) in [5, 5.41) is 6.83. The maximum Gasteiger partial charge on any atom is 0.310 e. The van der Waals surface area contributed by atoms with E-state index in [9.17, 15) is 9.59 Å². The van der Waals surface area contributed by atoms with E-state index in [0.717, 1.165) is 18.5 Å². The zero-order valence-corrected chi connectivity index (χ0v) is 17.7. The summed E-state index contributed by atoms with van der Waals surface area (Å²) in [4.78, 5) is 30.1. The summed E-state index contributed by atoms with van der Waals surface area (Å²) in [6.45, 7) is 9.20. The first kappa shape index (κ1) is 21.0. The molecule has 1 aliphatic rings. The van der Waals surface area contributed by atoms with Gasteiger partial charge in [-0.3, -0.25) is 9.59 Å². The van der Waals surface area contributed by atoms with Crippen LogP contribution in [0.2, 0.25) is 0 Å². The highest BCUT2D eigenvalue weighted by molar-refractivity contribution is 5.96. The van der Waals surface area contributed by atoms with Crippen molar-refractivity contribution in [2.75, 3.05) is 5.32 Å². The van der Waals surface area contributed by atoms with Crippen molar-refractivity contribution in [2.24, 2.45) is 11.8 Å². The molecule has 2 heterocycles. The second kappa shape index (κ2) is 8.35. The topological polar surface area (TPSA) is 94.3 Å². The van der Waals surface area contributed by atoms with Gasteiger partial charge in [-0.1, -0.05) is 18.0 Å². The Morgan fingerprint density at radius 1 is 1.14 bits per heavy atom. The molecule has 7 heteroatoms. The van der Waals surface area contributed by atoms with Crippen molar-refractivity contribution in [1.29, 1.82) is 0 Å². The number of carbonyl (C=O) groups excluding carboxylic acids is 2. The molecule has 0 saturated heterocycles. The lowest BCUT2D eigenvalue weighted by Crippen LogP contribution is -2.39. The number of anilines is 1. The highest BCUT2D eigenvalue weighted by Gasteiger charge is 2.38. The van der Waals surface area contributed by atoms with Crippen molar-refractivity contribution >= 4 is 17.6 Å². The van der Waals surface area contributed by atoms with Gasteiger partial charge in [-0.25, -0.2) is 4.98 Å². The monoisotopic (exact) mass is 399 g/mol. The largest absolute Gasteiger partial charge is 0.460 e. The number of aromatic nitrogens is 2. The Balaban J connectivity index is 1.73. The van der Waals surface area contributed by atoms with Gasteiger partial charge in [-0.15, -0.1) is 0 Å². The minimum absolute atomic E-state index is 0.159. The second-order valence-electron chi connectivity index (χ2n) is 8.68. The fourth-order valence-corrected chi connectivity index (χ4v) is 3.64. The van der Waals surface area contributed by atoms with Crippen LogP contribution in [0.1, 0.15) is 57.8 Å². The Labute approximate surface area is 171 Å². The molecular formula is C22H29N3O4. The number of carbonyl (C=O) groups is 2. The molecule has 0 aromatic carbocycles. The third kappa shape index (κ3) is 5.22. The number of rotatable bonds is 4. The zero-order chi connectivity index (χ0) is 21.2. The smallest absolute Gasteiger partial charge is 0.310 e. The van der Waals surface area contributed by atoms with Gasteiger partial charge in [0.1, 0.15) is 11.3 Å². The molecule has 1 N–H and O–H groups in total. The number of aryl methyl sites for hydroxylation is 2. The minimum Gasteiger partial charge on any atom is -0.460 e. The molecule has 7 nitrogen and oxygen atoms in total. The highest BCUT2D eigenvalue weighted by atomic mass is 16.6. The summed E-state index contributed by atoms with van der Waals surface area (Å²) in [5.41, 5.74) is 2.18. The van der Waals surface area contributed by atoms with Gasteiger partial charge in [0.2, 0.25) is 5.91 Å². The van der Waals surface area contributed by atoms with Gasteiger partial charge in [0, 0.05) is 6.07 Å². The van der Waals surface area contributed by atoms with Gasteiger partial charge >= 0.3 is 5.97 Å². The third-order valence-electron chi connectivity index (χ3n) is 5.04. The molecule has 1 amide bonds. The first-order valence-electron chi connectivity index (χ1n) is 10.1. The Morgan fingerprint density at radius 3 is 2.41 bits per heavy atom. The number of hydrogen-bond acceptors (Lipinski definition) is 6. The molecule has 0 spiro atoms. The zero-order valence-electron chi connectivity index (χ0n) is 17.7. The van der Waals surface area contributed by atoms with Crippen LogP contribution in [0.4, 0.5) is 5.69 Å². The van der Waals surface area contributed by atoms with Crippen LogP contribution in [0.5, 0.6) is 0 Å². The number of amides is 1. The molecule has 1 fully saturated rings. The molecular weight excluding hydrogens is 370 g/mol. The van der Waals surface area contributed by atoms with E-state index in [0.29, 0.717) is 35.7 Å². The Morgan fingerprint density at radius 2 is 1.83 bits per heavy atom. The normalized spacial score (nSPS) is 19.6. The van der Waals surface area contributed by atoms with Crippen molar-refractivity contribution in [3.63, 3.8) is 0 Å². The average molecular weight is 399 g/mol. The maximum atomic E-state index is 13.0. The molecule has 29 heavy (non-hydrogen) atoms. The molecule has 2 aromatic rings. The van der Waals surface area contributed by atoms with Gasteiger partial charge in [0.05, 0.1) is 28.9 Å². The minimum atomic E-state index is -0.565. The molecule has 0 bridgehead atoms. The van der Waals surface area contributed by atoms with Gasteiger partial charge in [0.15, 0.2) is 5.76 Å². The number of hydrogen-bond donors (Lipinski definition) is 1. The van der Waals surface area contributed by atoms with Crippen LogP contribution in [-0.2, 0) is 14.3 Å². The molecule has 0 unspecified atom stereocenters. The predicted octanol–water partition coefficient (Wildman–Crippen LogP) is 4.44. The molecule has 1 aliphatic carbocycles. The summed E-state index contributed by atoms with van der Waals surface area (Å²) in [7, 11) is 0. The Kier molecular flexibility index (Phi) is 6.05. The Bertz CT molecular complexity index is 898. The lowest BCUT2D eigenvalue weighted by Gasteiger charge is -2.31. The number of nitrogens with zero attached hydrogens (tertiary/aromatic N) is 2. The van der Waals surface area contributed by atoms with Crippen molar-refractivity contribution in [3.05, 3.63) is 29.6 Å². The highest BCUT2D eigenvalue weighted by Crippen LogP contribution is 2.33. The lowest BCUT2D eigenvalue weighted by atomic mass is 9.78. The molecule has 156 valence electrons. The molecule has 2 atom stereocenters. The number of esters is 1. The first-order valence-corrected chi connectivity index (χ1v) is 10.1.